The highest BCUT2D eigenvalue weighted by Gasteiger charge is 2.86. The van der Waals surface area contributed by atoms with Crippen molar-refractivity contribution in [2.45, 2.75) is 90.3 Å². The molecular weight excluding hydrogens is 659 g/mol. The lowest BCUT2D eigenvalue weighted by Gasteiger charge is -2.41. The normalized spacial score (nSPS) is 14.8. The zero-order valence-corrected chi connectivity index (χ0v) is 26.5. The van der Waals surface area contributed by atoms with Crippen molar-refractivity contribution < 1.29 is 56.7 Å². The van der Waals surface area contributed by atoms with Gasteiger partial charge in [0.05, 0.1) is 0 Å². The Bertz CT molecular complexity index is 1550. The zero-order chi connectivity index (χ0) is 34.7. The van der Waals surface area contributed by atoms with E-state index in [0.717, 1.165) is 24.3 Å². The molecule has 0 fully saturated rings. The summed E-state index contributed by atoms with van der Waals surface area (Å²) in [6.07, 6.45) is -7.25. The summed E-state index contributed by atoms with van der Waals surface area (Å²) in [5.41, 5.74) is 0.319. The van der Waals surface area contributed by atoms with Crippen LogP contribution in [0.4, 0.5) is 39.5 Å². The minimum Gasteiger partial charge on any atom is -0.508 e. The average Bonchev–Trinajstić information content (AvgIpc) is 2.90. The Morgan fingerprint density at radius 3 is 1.13 bits per heavy atom. The van der Waals surface area contributed by atoms with Crippen LogP contribution in [-0.4, -0.2) is 36.8 Å². The summed E-state index contributed by atoms with van der Waals surface area (Å²) in [6, 6.07) is 15.0. The van der Waals surface area contributed by atoms with Gasteiger partial charge in [-0.2, -0.15) is 47.9 Å². The quantitative estimate of drug-likeness (QED) is 0.239. The van der Waals surface area contributed by atoms with Crippen LogP contribution in [0.3, 0.4) is 0 Å². The minimum atomic E-state index is -7.50. The Balaban J connectivity index is 2.45. The van der Waals surface area contributed by atoms with E-state index in [1.807, 2.05) is 41.5 Å². The predicted molar refractivity (Wildman–Crippen MR) is 152 cm³/mol. The van der Waals surface area contributed by atoms with E-state index >= 15 is 8.78 Å². The topological polar surface area (TPSA) is 63.6 Å². The van der Waals surface area contributed by atoms with Crippen molar-refractivity contribution >= 4 is 20.4 Å². The number of benzene rings is 3. The van der Waals surface area contributed by atoms with Gasteiger partial charge in [0, 0.05) is 14.7 Å². The third kappa shape index (κ3) is 6.39. The maximum absolute atomic E-state index is 15.1. The van der Waals surface area contributed by atoms with E-state index in [1.165, 1.54) is 48.5 Å². The fourth-order valence-corrected chi connectivity index (χ4v) is 9.33. The first-order valence-corrected chi connectivity index (χ1v) is 16.1. The second kappa shape index (κ2) is 11.4. The van der Waals surface area contributed by atoms with Crippen LogP contribution in [0.25, 0.3) is 0 Å². The largest absolute Gasteiger partial charge is 0.508 e. The summed E-state index contributed by atoms with van der Waals surface area (Å²) in [5.74, 6) is -15.4. The van der Waals surface area contributed by atoms with E-state index in [-0.39, 0.29) is 20.4 Å². The fourth-order valence-electron chi connectivity index (χ4n) is 4.15. The molecule has 250 valence electrons. The standard InChI is InChI=1S/C30H31F9O4S2/c1-25(2,3)19-7-13-22(14-8-19)44(24-17-11-21(40)12-18-24,23-15-9-20(10-16-23)26(4,5)6)43-45(41,42)30(38,39)28(33,34)27(31,32)29(35,36)37/h7-18,40H,1-6H3. The molecule has 0 radical (unpaired) electrons. The molecule has 0 aliphatic heterocycles. The summed E-state index contributed by atoms with van der Waals surface area (Å²) in [5, 5.41) is 2.80. The van der Waals surface area contributed by atoms with E-state index < -0.39 is 54.5 Å². The van der Waals surface area contributed by atoms with Crippen molar-refractivity contribution in [3.05, 3.63) is 83.9 Å². The maximum atomic E-state index is 15.1. The summed E-state index contributed by atoms with van der Waals surface area (Å²) in [7, 11) is -11.5. The molecule has 45 heavy (non-hydrogen) atoms. The van der Waals surface area contributed by atoms with E-state index in [2.05, 4.69) is 0 Å². The molecule has 0 unspecified atom stereocenters. The first kappa shape index (κ1) is 36.6. The van der Waals surface area contributed by atoms with Gasteiger partial charge in [-0.15, -0.1) is 0 Å². The molecule has 3 aromatic rings. The van der Waals surface area contributed by atoms with Crippen molar-refractivity contribution in [3.63, 3.8) is 0 Å². The second-order valence-electron chi connectivity index (χ2n) is 12.3. The van der Waals surface area contributed by atoms with Gasteiger partial charge in [0.1, 0.15) is 5.75 Å². The molecule has 3 rings (SSSR count). The lowest BCUT2D eigenvalue weighted by atomic mass is 9.87. The van der Waals surface area contributed by atoms with Crippen LogP contribution in [0, 0.1) is 0 Å². The molecule has 4 nitrogen and oxygen atoms in total. The van der Waals surface area contributed by atoms with Crippen molar-refractivity contribution in [1.29, 1.82) is 0 Å². The first-order valence-electron chi connectivity index (χ1n) is 13.1. The molecule has 0 saturated carbocycles. The highest BCUT2D eigenvalue weighted by molar-refractivity contribution is 8.33. The number of alkyl halides is 9. The van der Waals surface area contributed by atoms with Crippen LogP contribution in [0.5, 0.6) is 5.75 Å². The molecular formula is C30H31F9O4S2. The smallest absolute Gasteiger partial charge is 0.460 e. The summed E-state index contributed by atoms with van der Waals surface area (Å²) in [4.78, 5) is -0.720. The molecule has 15 heteroatoms. The van der Waals surface area contributed by atoms with Crippen molar-refractivity contribution in [1.82, 2.24) is 0 Å². The molecule has 0 atom stereocenters. The van der Waals surface area contributed by atoms with Crippen LogP contribution < -0.4 is 0 Å². The molecule has 0 amide bonds. The Kier molecular flexibility index (Phi) is 9.27. The van der Waals surface area contributed by atoms with Crippen LogP contribution in [0.15, 0.2) is 87.5 Å². The Labute approximate surface area is 256 Å². The molecule has 0 bridgehead atoms. The molecule has 0 aromatic heterocycles. The van der Waals surface area contributed by atoms with Gasteiger partial charge < -0.3 is 5.11 Å². The van der Waals surface area contributed by atoms with Gasteiger partial charge in [-0.05, 0) is 80.8 Å². The van der Waals surface area contributed by atoms with E-state index in [1.54, 1.807) is 0 Å². The number of rotatable bonds is 8. The van der Waals surface area contributed by atoms with Crippen LogP contribution in [0.1, 0.15) is 52.7 Å². The van der Waals surface area contributed by atoms with E-state index in [0.29, 0.717) is 11.1 Å². The molecule has 0 heterocycles. The summed E-state index contributed by atoms with van der Waals surface area (Å²) in [6.45, 7) is 10.9. The SMILES string of the molecule is CC(C)(C)c1ccc(S(OS(=O)(=O)C(F)(F)C(F)(F)C(F)(F)C(F)(F)F)(c2ccc(O)cc2)c2ccc(C(C)(C)C)cc2)cc1. The predicted octanol–water partition coefficient (Wildman–Crippen LogP) is 9.96. The van der Waals surface area contributed by atoms with Gasteiger partial charge in [-0.1, -0.05) is 65.8 Å². The fraction of sp³-hybridized carbons (Fsp3) is 0.400. The number of hydrogen-bond acceptors (Lipinski definition) is 4. The van der Waals surface area contributed by atoms with Gasteiger partial charge in [0.25, 0.3) is 0 Å². The third-order valence-electron chi connectivity index (χ3n) is 6.89. The number of aromatic hydroxyl groups is 1. The third-order valence-corrected chi connectivity index (χ3v) is 12.1. The molecule has 0 spiro atoms. The van der Waals surface area contributed by atoms with Gasteiger partial charge in [0.2, 0.25) is 0 Å². The molecule has 1 N–H and O–H groups in total. The molecule has 3 aromatic carbocycles. The Hall–Kier alpha value is -2.91. The number of halogens is 9. The zero-order valence-electron chi connectivity index (χ0n) is 24.8. The molecule has 0 aliphatic rings. The molecule has 0 aliphatic carbocycles. The summed E-state index contributed by atoms with van der Waals surface area (Å²) >= 11 is 0. The number of phenols is 1. The van der Waals surface area contributed by atoms with Crippen LogP contribution >= 0.6 is 10.3 Å². The highest BCUT2D eigenvalue weighted by Crippen LogP contribution is 2.71. The second-order valence-corrected chi connectivity index (χ2v) is 16.8. The monoisotopic (exact) mass is 690 g/mol. The van der Waals surface area contributed by atoms with Crippen LogP contribution in [0.2, 0.25) is 0 Å². The lowest BCUT2D eigenvalue weighted by Crippen LogP contribution is -2.63. The minimum absolute atomic E-state index is 0.213. The Morgan fingerprint density at radius 1 is 0.533 bits per heavy atom. The Morgan fingerprint density at radius 2 is 0.844 bits per heavy atom. The molecule has 0 saturated heterocycles. The van der Waals surface area contributed by atoms with Gasteiger partial charge in [-0.25, -0.2) is 3.63 Å². The van der Waals surface area contributed by atoms with Gasteiger partial charge in [0.15, 0.2) is 0 Å². The lowest BCUT2D eigenvalue weighted by molar-refractivity contribution is -0.382. The highest BCUT2D eigenvalue weighted by atomic mass is 32.3. The van der Waals surface area contributed by atoms with E-state index in [9.17, 15) is 44.3 Å². The number of phenolic OH excluding ortho intramolecular Hbond substituents is 1. The van der Waals surface area contributed by atoms with Crippen molar-refractivity contribution in [2.75, 3.05) is 0 Å². The first-order chi connectivity index (χ1) is 20.1. The number of hydrogen-bond donors (Lipinski definition) is 1. The average molecular weight is 691 g/mol. The van der Waals surface area contributed by atoms with Gasteiger partial charge >= 0.3 is 33.4 Å². The van der Waals surface area contributed by atoms with Crippen molar-refractivity contribution in [2.24, 2.45) is 0 Å². The maximum Gasteiger partial charge on any atom is 0.460 e. The van der Waals surface area contributed by atoms with E-state index in [4.69, 9.17) is 3.63 Å². The van der Waals surface area contributed by atoms with Crippen LogP contribution in [-0.2, 0) is 24.6 Å². The van der Waals surface area contributed by atoms with Gasteiger partial charge in [-0.3, -0.25) is 0 Å². The van der Waals surface area contributed by atoms with Crippen molar-refractivity contribution in [3.8, 4) is 5.75 Å². The summed E-state index contributed by atoms with van der Waals surface area (Å²) < 4.78 is 157.